The van der Waals surface area contributed by atoms with E-state index in [4.69, 9.17) is 4.99 Å². The molecule has 3 aromatic rings. The van der Waals surface area contributed by atoms with Crippen LogP contribution in [0.3, 0.4) is 0 Å². The minimum Gasteiger partial charge on any atom is -0.347 e. The summed E-state index contributed by atoms with van der Waals surface area (Å²) in [6.07, 6.45) is 17.3. The molecule has 3 nitrogen and oxygen atoms in total. The number of nitrogens with zero attached hydrogens (tertiary/aromatic N) is 3. The number of aromatic nitrogens is 1. The number of fused-ring (bicyclic) bond motifs is 2. The van der Waals surface area contributed by atoms with Crippen LogP contribution < -0.4 is 4.90 Å². The summed E-state index contributed by atoms with van der Waals surface area (Å²) in [5, 5.41) is 0. The van der Waals surface area contributed by atoms with Crippen LogP contribution in [0.2, 0.25) is 0 Å². The van der Waals surface area contributed by atoms with Crippen molar-refractivity contribution in [2.75, 3.05) is 11.9 Å². The Hall–Kier alpha value is -3.63. The average molecular weight is 516 g/mol. The fourth-order valence-corrected chi connectivity index (χ4v) is 6.90. The predicted molar refractivity (Wildman–Crippen MR) is 161 cm³/mol. The number of rotatable bonds is 5. The van der Waals surface area contributed by atoms with Gasteiger partial charge in [-0.15, -0.1) is 0 Å². The summed E-state index contributed by atoms with van der Waals surface area (Å²) in [5.41, 5.74) is 10.3. The van der Waals surface area contributed by atoms with Crippen molar-refractivity contribution >= 4 is 28.8 Å². The van der Waals surface area contributed by atoms with Crippen molar-refractivity contribution in [3.8, 4) is 0 Å². The van der Waals surface area contributed by atoms with Gasteiger partial charge >= 0.3 is 0 Å². The minimum atomic E-state index is -0.0302. The van der Waals surface area contributed by atoms with E-state index in [0.29, 0.717) is 0 Å². The van der Waals surface area contributed by atoms with Crippen molar-refractivity contribution in [1.82, 2.24) is 4.98 Å². The molecule has 0 N–H and O–H groups in total. The lowest BCUT2D eigenvalue weighted by molar-refractivity contribution is 0.640. The van der Waals surface area contributed by atoms with Gasteiger partial charge in [-0.25, -0.2) is 0 Å². The largest absolute Gasteiger partial charge is 0.347 e. The molecule has 38 heavy (non-hydrogen) atoms. The van der Waals surface area contributed by atoms with Crippen LogP contribution in [0.15, 0.2) is 129 Å². The number of benzene rings is 2. The first kappa shape index (κ1) is 24.7. The molecule has 6 rings (SSSR count). The molecule has 0 fully saturated rings. The first-order valence-corrected chi connectivity index (χ1v) is 14.2. The van der Waals surface area contributed by atoms with Gasteiger partial charge in [-0.2, -0.15) is 0 Å². The summed E-state index contributed by atoms with van der Waals surface area (Å²) in [5.74, 6) is 0. The van der Waals surface area contributed by atoms with Crippen LogP contribution in [0.4, 0.5) is 11.4 Å². The summed E-state index contributed by atoms with van der Waals surface area (Å²) in [6, 6.07) is 21.4. The lowest BCUT2D eigenvalue weighted by Crippen LogP contribution is -2.22. The van der Waals surface area contributed by atoms with Gasteiger partial charge in [0.1, 0.15) is 0 Å². The van der Waals surface area contributed by atoms with Crippen LogP contribution in [0.25, 0.3) is 0 Å². The summed E-state index contributed by atoms with van der Waals surface area (Å²) in [6.45, 7) is 4.66. The van der Waals surface area contributed by atoms with Gasteiger partial charge in [-0.1, -0.05) is 74.2 Å². The number of pyridine rings is 1. The third-order valence-corrected chi connectivity index (χ3v) is 9.07. The molecule has 0 saturated heterocycles. The van der Waals surface area contributed by atoms with Crippen molar-refractivity contribution in [2.24, 2.45) is 4.99 Å². The van der Waals surface area contributed by atoms with Crippen LogP contribution in [-0.2, 0) is 11.8 Å². The van der Waals surface area contributed by atoms with Gasteiger partial charge in [0.05, 0.1) is 5.69 Å². The second kappa shape index (κ2) is 10.3. The van der Waals surface area contributed by atoms with Crippen LogP contribution >= 0.6 is 11.8 Å². The van der Waals surface area contributed by atoms with E-state index < -0.39 is 0 Å². The van der Waals surface area contributed by atoms with Gasteiger partial charge < -0.3 is 4.90 Å². The van der Waals surface area contributed by atoms with Crippen LogP contribution in [0.5, 0.6) is 0 Å². The molecule has 2 aromatic carbocycles. The van der Waals surface area contributed by atoms with Crippen LogP contribution in [0.1, 0.15) is 44.2 Å². The molecule has 3 heterocycles. The molecule has 0 amide bonds. The Kier molecular flexibility index (Phi) is 6.67. The summed E-state index contributed by atoms with van der Waals surface area (Å²) >= 11 is 1.86. The molecular weight excluding hydrogens is 482 g/mol. The van der Waals surface area contributed by atoms with E-state index in [9.17, 15) is 0 Å². The van der Waals surface area contributed by atoms with Crippen molar-refractivity contribution in [2.45, 2.75) is 49.8 Å². The molecule has 3 aliphatic rings. The van der Waals surface area contributed by atoms with Crippen molar-refractivity contribution in [3.63, 3.8) is 0 Å². The lowest BCUT2D eigenvalue weighted by atomic mass is 9.83. The second-order valence-corrected chi connectivity index (χ2v) is 11.8. The second-order valence-electron chi connectivity index (χ2n) is 10.7. The third kappa shape index (κ3) is 4.69. The number of aliphatic imine (C=N–C) groups is 1. The molecule has 1 aromatic heterocycles. The molecule has 0 saturated carbocycles. The molecule has 4 heteroatoms. The average Bonchev–Trinajstić information content (AvgIpc) is 3.44. The van der Waals surface area contributed by atoms with Gasteiger partial charge in [0.15, 0.2) is 0 Å². The van der Waals surface area contributed by atoms with Gasteiger partial charge in [0.25, 0.3) is 0 Å². The molecule has 190 valence electrons. The quantitative estimate of drug-likeness (QED) is 0.340. The summed E-state index contributed by atoms with van der Waals surface area (Å²) < 4.78 is 0. The number of likely N-dealkylation sites (N-methyl/N-ethyl adjacent to an activating group) is 1. The van der Waals surface area contributed by atoms with E-state index in [1.165, 1.54) is 43.5 Å². The molecular formula is C34H33N3S. The first-order chi connectivity index (χ1) is 18.5. The first-order valence-electron chi connectivity index (χ1n) is 13.4. The number of hydrogen-bond acceptors (Lipinski definition) is 4. The molecule has 0 radical (unpaired) electrons. The predicted octanol–water partition coefficient (Wildman–Crippen LogP) is 8.73. The zero-order chi connectivity index (χ0) is 26.1. The van der Waals surface area contributed by atoms with Crippen LogP contribution in [0, 0.1) is 0 Å². The molecule has 1 aliphatic carbocycles. The smallest absolute Gasteiger partial charge is 0.0669 e. The summed E-state index contributed by atoms with van der Waals surface area (Å²) in [4.78, 5) is 14.0. The van der Waals surface area contributed by atoms with Gasteiger partial charge in [-0.3, -0.25) is 9.98 Å². The number of para-hydroxylation sites is 2. The molecule has 0 unspecified atom stereocenters. The maximum Gasteiger partial charge on any atom is 0.0669 e. The minimum absolute atomic E-state index is 0.0302. The Balaban J connectivity index is 1.36. The maximum absolute atomic E-state index is 4.86. The van der Waals surface area contributed by atoms with Gasteiger partial charge in [-0.05, 0) is 78.0 Å². The summed E-state index contributed by atoms with van der Waals surface area (Å²) in [7, 11) is 2.19. The highest BCUT2D eigenvalue weighted by Gasteiger charge is 2.37. The monoisotopic (exact) mass is 515 g/mol. The van der Waals surface area contributed by atoms with Crippen molar-refractivity contribution in [3.05, 3.63) is 130 Å². The fourth-order valence-electron chi connectivity index (χ4n) is 5.81. The Morgan fingerprint density at radius 3 is 2.50 bits per heavy atom. The van der Waals surface area contributed by atoms with E-state index in [1.807, 2.05) is 24.2 Å². The topological polar surface area (TPSA) is 28.5 Å². The standard InChI is InChI=1S/C34H33N3S/c1-34(2)29-12-5-7-14-31(29)37(3)32(34)18-16-25-11-8-10-24(33(25)38-28-19-21-35-22-20-28)15-17-27-23-26-9-4-6-13-30(26)36-27/h4-7,9,12-22H,8,10-11,23H2,1-3H3/b17-15+,25-16+,32-18+. The Morgan fingerprint density at radius 1 is 0.895 bits per heavy atom. The highest BCUT2D eigenvalue weighted by Crippen LogP contribution is 2.47. The highest BCUT2D eigenvalue weighted by atomic mass is 32.2. The van der Waals surface area contributed by atoms with Crippen LogP contribution in [-0.4, -0.2) is 17.7 Å². The molecule has 0 atom stereocenters. The van der Waals surface area contributed by atoms with E-state index in [2.05, 4.69) is 116 Å². The number of hydrogen-bond donors (Lipinski definition) is 0. The fraction of sp³-hybridized carbons (Fsp3) is 0.235. The van der Waals surface area contributed by atoms with E-state index in [1.54, 1.807) is 0 Å². The third-order valence-electron chi connectivity index (χ3n) is 7.83. The number of allylic oxidation sites excluding steroid dienone is 7. The highest BCUT2D eigenvalue weighted by molar-refractivity contribution is 8.03. The van der Waals surface area contributed by atoms with Gasteiger partial charge in [0.2, 0.25) is 0 Å². The van der Waals surface area contributed by atoms with Gasteiger partial charge in [0, 0.05) is 58.2 Å². The molecule has 2 aliphatic heterocycles. The Morgan fingerprint density at radius 2 is 1.68 bits per heavy atom. The van der Waals surface area contributed by atoms with E-state index in [0.717, 1.165) is 37.1 Å². The maximum atomic E-state index is 4.86. The zero-order valence-corrected chi connectivity index (χ0v) is 23.1. The number of thioether (sulfide) groups is 1. The van der Waals surface area contributed by atoms with Crippen molar-refractivity contribution < 1.29 is 0 Å². The van der Waals surface area contributed by atoms with Crippen molar-refractivity contribution in [1.29, 1.82) is 0 Å². The Labute approximate surface area is 230 Å². The molecule has 0 bridgehead atoms. The van der Waals surface area contributed by atoms with E-state index >= 15 is 0 Å². The lowest BCUT2D eigenvalue weighted by Gasteiger charge is -2.25. The SMILES string of the molecule is CN1/C(=C/C=C2\CCCC(/C=C/C3=Nc4ccccc4C3)=C2Sc2ccncc2)C(C)(C)c2ccccc21. The normalized spacial score (nSPS) is 20.4. The Bertz CT molecular complexity index is 1520. The van der Waals surface area contributed by atoms with E-state index in [-0.39, 0.29) is 5.41 Å². The number of anilines is 1. The zero-order valence-electron chi connectivity index (χ0n) is 22.3. The molecule has 0 spiro atoms.